The molecule has 0 aliphatic carbocycles. The first-order valence-corrected chi connectivity index (χ1v) is 8.97. The van der Waals surface area contributed by atoms with Gasteiger partial charge in [0.2, 0.25) is 0 Å². The van der Waals surface area contributed by atoms with Crippen LogP contribution in [0, 0.1) is 0 Å². The molecule has 1 aliphatic rings. The van der Waals surface area contributed by atoms with Gasteiger partial charge in [-0.3, -0.25) is 4.90 Å². The molecule has 0 bridgehead atoms. The minimum absolute atomic E-state index is 0.410. The number of nitrogens with zero attached hydrogens (tertiary/aromatic N) is 1. The molecule has 1 aromatic rings. The Morgan fingerprint density at radius 3 is 2.55 bits per heavy atom. The van der Waals surface area contributed by atoms with E-state index >= 15 is 0 Å². The second-order valence-corrected chi connectivity index (χ2v) is 6.42. The summed E-state index contributed by atoms with van der Waals surface area (Å²) in [5, 5.41) is 4.44. The van der Waals surface area contributed by atoms with Crippen LogP contribution in [-0.2, 0) is 4.74 Å². The highest BCUT2D eigenvalue weighted by molar-refractivity contribution is 6.30. The monoisotopic (exact) mass is 324 g/mol. The van der Waals surface area contributed by atoms with Crippen LogP contribution in [0.3, 0.4) is 0 Å². The second kappa shape index (κ2) is 10.2. The van der Waals surface area contributed by atoms with Crippen molar-refractivity contribution in [1.82, 2.24) is 10.2 Å². The first-order chi connectivity index (χ1) is 10.8. The number of halogens is 1. The van der Waals surface area contributed by atoms with E-state index < -0.39 is 0 Å². The zero-order chi connectivity index (χ0) is 15.6. The summed E-state index contributed by atoms with van der Waals surface area (Å²) < 4.78 is 5.49. The lowest BCUT2D eigenvalue weighted by molar-refractivity contribution is 0.0162. The number of unbranched alkanes of at least 4 members (excludes halogenated alkanes) is 3. The molecule has 1 fully saturated rings. The van der Waals surface area contributed by atoms with Gasteiger partial charge < -0.3 is 10.1 Å². The van der Waals surface area contributed by atoms with Crippen molar-refractivity contribution in [2.75, 3.05) is 39.4 Å². The zero-order valence-corrected chi connectivity index (χ0v) is 14.4. The van der Waals surface area contributed by atoms with Crippen molar-refractivity contribution in [3.8, 4) is 0 Å². The molecular formula is C18H29ClN2O. The Bertz CT molecular complexity index is 404. The van der Waals surface area contributed by atoms with Gasteiger partial charge in [0, 0.05) is 30.7 Å². The first kappa shape index (κ1) is 17.7. The van der Waals surface area contributed by atoms with Gasteiger partial charge in [-0.15, -0.1) is 0 Å². The van der Waals surface area contributed by atoms with E-state index in [1.807, 2.05) is 12.1 Å². The fourth-order valence-corrected chi connectivity index (χ4v) is 3.07. The highest BCUT2D eigenvalue weighted by Crippen LogP contribution is 2.23. The first-order valence-electron chi connectivity index (χ1n) is 8.59. The number of ether oxygens (including phenoxy) is 1. The summed E-state index contributed by atoms with van der Waals surface area (Å²) in [6.45, 7) is 8.03. The van der Waals surface area contributed by atoms with Crippen molar-refractivity contribution >= 4 is 11.6 Å². The van der Waals surface area contributed by atoms with E-state index in [0.717, 1.165) is 44.4 Å². The van der Waals surface area contributed by atoms with Crippen LogP contribution in [0.15, 0.2) is 24.3 Å². The summed E-state index contributed by atoms with van der Waals surface area (Å²) in [4.78, 5) is 2.52. The summed E-state index contributed by atoms with van der Waals surface area (Å²) in [6.07, 6.45) is 5.23. The van der Waals surface area contributed by atoms with E-state index in [9.17, 15) is 0 Å². The van der Waals surface area contributed by atoms with Gasteiger partial charge in [0.25, 0.3) is 0 Å². The Balaban J connectivity index is 1.88. The molecule has 0 saturated carbocycles. The van der Waals surface area contributed by atoms with Gasteiger partial charge in [-0.1, -0.05) is 49.9 Å². The molecule has 1 unspecified atom stereocenters. The van der Waals surface area contributed by atoms with Gasteiger partial charge in [-0.2, -0.15) is 0 Å². The standard InChI is InChI=1S/C18H29ClN2O/c1-2-3-4-5-10-20-15-18(21-11-13-22-14-12-21)16-6-8-17(19)9-7-16/h6-9,18,20H,2-5,10-15H2,1H3. The van der Waals surface area contributed by atoms with Gasteiger partial charge in [0.15, 0.2) is 0 Å². The largest absolute Gasteiger partial charge is 0.379 e. The molecule has 1 heterocycles. The molecule has 124 valence electrons. The van der Waals surface area contributed by atoms with Gasteiger partial charge in [-0.05, 0) is 30.7 Å². The average Bonchev–Trinajstić information content (AvgIpc) is 2.56. The fourth-order valence-electron chi connectivity index (χ4n) is 2.95. The maximum atomic E-state index is 6.03. The molecule has 1 aromatic carbocycles. The Morgan fingerprint density at radius 2 is 1.86 bits per heavy atom. The van der Waals surface area contributed by atoms with E-state index in [1.54, 1.807) is 0 Å². The fraction of sp³-hybridized carbons (Fsp3) is 0.667. The van der Waals surface area contributed by atoms with Crippen LogP contribution in [0.5, 0.6) is 0 Å². The molecule has 0 spiro atoms. The number of hydrogen-bond acceptors (Lipinski definition) is 3. The zero-order valence-electron chi connectivity index (χ0n) is 13.7. The molecule has 2 rings (SSSR count). The molecular weight excluding hydrogens is 296 g/mol. The van der Waals surface area contributed by atoms with Crippen molar-refractivity contribution in [3.05, 3.63) is 34.9 Å². The summed E-state index contributed by atoms with van der Waals surface area (Å²) in [6, 6.07) is 8.70. The van der Waals surface area contributed by atoms with Crippen LogP contribution in [0.4, 0.5) is 0 Å². The number of rotatable bonds is 9. The molecule has 0 radical (unpaired) electrons. The highest BCUT2D eigenvalue weighted by Gasteiger charge is 2.22. The Hall–Kier alpha value is -0.610. The summed E-state index contributed by atoms with van der Waals surface area (Å²) in [5.41, 5.74) is 1.34. The van der Waals surface area contributed by atoms with Gasteiger partial charge >= 0.3 is 0 Å². The van der Waals surface area contributed by atoms with E-state index in [-0.39, 0.29) is 0 Å². The molecule has 1 N–H and O–H groups in total. The minimum Gasteiger partial charge on any atom is -0.379 e. The predicted octanol–water partition coefficient (Wildman–Crippen LogP) is 3.88. The van der Waals surface area contributed by atoms with E-state index in [4.69, 9.17) is 16.3 Å². The smallest absolute Gasteiger partial charge is 0.0594 e. The summed E-state index contributed by atoms with van der Waals surface area (Å²) in [5.74, 6) is 0. The minimum atomic E-state index is 0.410. The van der Waals surface area contributed by atoms with Crippen molar-refractivity contribution in [2.24, 2.45) is 0 Å². The lowest BCUT2D eigenvalue weighted by Gasteiger charge is -2.35. The van der Waals surface area contributed by atoms with E-state index in [2.05, 4.69) is 29.3 Å². The molecule has 22 heavy (non-hydrogen) atoms. The predicted molar refractivity (Wildman–Crippen MR) is 93.6 cm³/mol. The molecule has 1 aliphatic heterocycles. The van der Waals surface area contributed by atoms with Crippen LogP contribution in [-0.4, -0.2) is 44.3 Å². The Labute approximate surface area is 140 Å². The third-order valence-corrected chi connectivity index (χ3v) is 4.54. The maximum Gasteiger partial charge on any atom is 0.0594 e. The number of benzene rings is 1. The topological polar surface area (TPSA) is 24.5 Å². The maximum absolute atomic E-state index is 6.03. The normalized spacial score (nSPS) is 17.5. The average molecular weight is 325 g/mol. The van der Waals surface area contributed by atoms with Gasteiger partial charge in [0.1, 0.15) is 0 Å². The lowest BCUT2D eigenvalue weighted by Crippen LogP contribution is -2.43. The van der Waals surface area contributed by atoms with Crippen LogP contribution in [0.25, 0.3) is 0 Å². The van der Waals surface area contributed by atoms with Gasteiger partial charge in [0.05, 0.1) is 13.2 Å². The molecule has 1 saturated heterocycles. The number of hydrogen-bond donors (Lipinski definition) is 1. The molecule has 0 amide bonds. The molecule has 3 nitrogen and oxygen atoms in total. The van der Waals surface area contributed by atoms with Gasteiger partial charge in [-0.25, -0.2) is 0 Å². The van der Waals surface area contributed by atoms with E-state index in [1.165, 1.54) is 31.2 Å². The number of morpholine rings is 1. The van der Waals surface area contributed by atoms with Crippen molar-refractivity contribution in [3.63, 3.8) is 0 Å². The van der Waals surface area contributed by atoms with Crippen LogP contribution < -0.4 is 5.32 Å². The second-order valence-electron chi connectivity index (χ2n) is 5.98. The summed E-state index contributed by atoms with van der Waals surface area (Å²) in [7, 11) is 0. The van der Waals surface area contributed by atoms with E-state index in [0.29, 0.717) is 6.04 Å². The Morgan fingerprint density at radius 1 is 1.14 bits per heavy atom. The van der Waals surface area contributed by atoms with Crippen molar-refractivity contribution in [1.29, 1.82) is 0 Å². The quantitative estimate of drug-likeness (QED) is 0.698. The Kier molecular flexibility index (Phi) is 8.24. The SMILES string of the molecule is CCCCCCNCC(c1ccc(Cl)cc1)N1CCOCC1. The van der Waals surface area contributed by atoms with Crippen molar-refractivity contribution < 1.29 is 4.74 Å². The van der Waals surface area contributed by atoms with Crippen LogP contribution >= 0.6 is 11.6 Å². The third kappa shape index (κ3) is 5.88. The molecule has 0 aromatic heterocycles. The highest BCUT2D eigenvalue weighted by atomic mass is 35.5. The molecule has 1 atom stereocenters. The van der Waals surface area contributed by atoms with Crippen molar-refractivity contribution in [2.45, 2.75) is 38.6 Å². The van der Waals surface area contributed by atoms with Crippen LogP contribution in [0.1, 0.15) is 44.2 Å². The summed E-state index contributed by atoms with van der Waals surface area (Å²) >= 11 is 6.03. The number of nitrogens with one attached hydrogen (secondary N) is 1. The molecule has 4 heteroatoms. The van der Waals surface area contributed by atoms with Crippen LogP contribution in [0.2, 0.25) is 5.02 Å². The lowest BCUT2D eigenvalue weighted by atomic mass is 10.0. The third-order valence-electron chi connectivity index (χ3n) is 4.29.